The summed E-state index contributed by atoms with van der Waals surface area (Å²) in [7, 11) is 0. The fourth-order valence-electron chi connectivity index (χ4n) is 3.46. The Kier molecular flexibility index (Phi) is 5.09. The van der Waals surface area contributed by atoms with E-state index in [-0.39, 0.29) is 10.8 Å². The molecule has 0 saturated carbocycles. The topological polar surface area (TPSA) is 50.9 Å². The Morgan fingerprint density at radius 1 is 1.07 bits per heavy atom. The summed E-state index contributed by atoms with van der Waals surface area (Å²) in [5.41, 5.74) is 4.15. The molecule has 0 atom stereocenters. The summed E-state index contributed by atoms with van der Waals surface area (Å²) < 4.78 is 1.87. The van der Waals surface area contributed by atoms with Crippen LogP contribution in [0.25, 0.3) is 22.3 Å². The molecule has 1 N–H and O–H groups in total. The average Bonchev–Trinajstić information content (AvgIpc) is 2.91. The first kappa shape index (κ1) is 20.5. The SMILES string of the molecule is CC(=S)Cn1nc(-c2cc(C(C)(C)C)c(O)c(C(C)(C)C)c2)c2cccnc21. The van der Waals surface area contributed by atoms with Gasteiger partial charge >= 0.3 is 0 Å². The quantitative estimate of drug-likeness (QED) is 0.570. The molecule has 148 valence electrons. The summed E-state index contributed by atoms with van der Waals surface area (Å²) in [6.07, 6.45) is 1.78. The van der Waals surface area contributed by atoms with Gasteiger partial charge in [0.05, 0.1) is 6.54 Å². The van der Waals surface area contributed by atoms with Crippen LogP contribution in [-0.2, 0) is 17.4 Å². The van der Waals surface area contributed by atoms with E-state index in [1.54, 1.807) is 6.20 Å². The molecule has 2 heterocycles. The lowest BCUT2D eigenvalue weighted by atomic mass is 9.78. The Bertz CT molecular complexity index is 1020. The number of hydrogen-bond acceptors (Lipinski definition) is 4. The van der Waals surface area contributed by atoms with Crippen molar-refractivity contribution in [3.63, 3.8) is 0 Å². The van der Waals surface area contributed by atoms with E-state index in [0.717, 1.165) is 38.3 Å². The Morgan fingerprint density at radius 3 is 2.14 bits per heavy atom. The highest BCUT2D eigenvalue weighted by atomic mass is 32.1. The van der Waals surface area contributed by atoms with Gasteiger partial charge in [-0.15, -0.1) is 0 Å². The van der Waals surface area contributed by atoms with Gasteiger partial charge in [-0.25, -0.2) is 9.67 Å². The Balaban J connectivity index is 2.34. The third-order valence-corrected chi connectivity index (χ3v) is 5.01. The molecule has 4 nitrogen and oxygen atoms in total. The van der Waals surface area contributed by atoms with Crippen LogP contribution in [0.2, 0.25) is 0 Å². The first-order valence-corrected chi connectivity index (χ1v) is 9.99. The van der Waals surface area contributed by atoms with Gasteiger partial charge in [0.15, 0.2) is 5.65 Å². The van der Waals surface area contributed by atoms with E-state index in [1.807, 2.05) is 23.7 Å². The fraction of sp³-hybridized carbons (Fsp3) is 0.435. The molecule has 0 aliphatic carbocycles. The summed E-state index contributed by atoms with van der Waals surface area (Å²) in [4.78, 5) is 5.39. The third-order valence-electron chi connectivity index (χ3n) is 4.88. The van der Waals surface area contributed by atoms with Crippen LogP contribution in [0.5, 0.6) is 5.75 Å². The molecule has 2 aromatic heterocycles. The van der Waals surface area contributed by atoms with E-state index >= 15 is 0 Å². The van der Waals surface area contributed by atoms with Gasteiger partial charge in [0, 0.05) is 33.1 Å². The van der Waals surface area contributed by atoms with Gasteiger partial charge in [-0.1, -0.05) is 53.8 Å². The number of fused-ring (bicyclic) bond motifs is 1. The number of rotatable bonds is 3. The number of pyridine rings is 1. The molecule has 1 aromatic carbocycles. The smallest absolute Gasteiger partial charge is 0.158 e. The number of aromatic hydroxyl groups is 1. The molecular formula is C23H29N3OS. The van der Waals surface area contributed by atoms with Crippen molar-refractivity contribution in [2.75, 3.05) is 0 Å². The lowest BCUT2D eigenvalue weighted by Gasteiger charge is -2.28. The Labute approximate surface area is 172 Å². The Morgan fingerprint density at radius 2 is 1.64 bits per heavy atom. The predicted molar refractivity (Wildman–Crippen MR) is 120 cm³/mol. The standard InChI is InChI=1S/C23H29N3OS/c1-14(28)13-26-21-16(9-8-10-24-21)19(25-26)15-11-17(22(2,3)4)20(27)18(12-15)23(5,6)7/h8-12,27H,13H2,1-7H3. The predicted octanol–water partition coefficient (Wildman–Crippen LogP) is 5.79. The van der Waals surface area contributed by atoms with Gasteiger partial charge in [0.1, 0.15) is 11.4 Å². The van der Waals surface area contributed by atoms with E-state index in [9.17, 15) is 5.11 Å². The van der Waals surface area contributed by atoms with Gasteiger partial charge < -0.3 is 5.11 Å². The molecule has 0 spiro atoms. The highest BCUT2D eigenvalue weighted by Crippen LogP contribution is 2.42. The van der Waals surface area contributed by atoms with E-state index in [0.29, 0.717) is 12.3 Å². The van der Waals surface area contributed by atoms with Gasteiger partial charge in [0.2, 0.25) is 0 Å². The van der Waals surface area contributed by atoms with Gasteiger partial charge in [0.25, 0.3) is 0 Å². The van der Waals surface area contributed by atoms with Crippen molar-refractivity contribution >= 4 is 28.1 Å². The molecule has 0 unspecified atom stereocenters. The van der Waals surface area contributed by atoms with E-state index in [1.165, 1.54) is 0 Å². The maximum absolute atomic E-state index is 11.0. The van der Waals surface area contributed by atoms with Crippen molar-refractivity contribution in [3.05, 3.63) is 41.6 Å². The van der Waals surface area contributed by atoms with Crippen molar-refractivity contribution in [1.82, 2.24) is 14.8 Å². The summed E-state index contributed by atoms with van der Waals surface area (Å²) >= 11 is 5.30. The second-order valence-electron chi connectivity index (χ2n) is 9.50. The molecular weight excluding hydrogens is 366 g/mol. The number of nitrogens with zero attached hydrogens (tertiary/aromatic N) is 3. The highest BCUT2D eigenvalue weighted by molar-refractivity contribution is 7.80. The molecule has 3 rings (SSSR count). The highest BCUT2D eigenvalue weighted by Gasteiger charge is 2.28. The number of benzene rings is 1. The number of hydrogen-bond donors (Lipinski definition) is 1. The minimum absolute atomic E-state index is 0.193. The van der Waals surface area contributed by atoms with E-state index in [2.05, 4.69) is 58.7 Å². The molecule has 0 aliphatic heterocycles. The first-order valence-electron chi connectivity index (χ1n) is 9.59. The molecule has 0 radical (unpaired) electrons. The fourth-order valence-corrected chi connectivity index (χ4v) is 3.58. The van der Waals surface area contributed by atoms with Crippen LogP contribution in [0, 0.1) is 0 Å². The zero-order valence-electron chi connectivity index (χ0n) is 17.8. The largest absolute Gasteiger partial charge is 0.507 e. The summed E-state index contributed by atoms with van der Waals surface area (Å²) in [6, 6.07) is 8.10. The number of phenolic OH excluding ortho intramolecular Hbond substituents is 1. The zero-order valence-corrected chi connectivity index (χ0v) is 18.6. The average molecular weight is 396 g/mol. The van der Waals surface area contributed by atoms with Crippen LogP contribution in [0.3, 0.4) is 0 Å². The molecule has 5 heteroatoms. The minimum Gasteiger partial charge on any atom is -0.507 e. The van der Waals surface area contributed by atoms with Crippen molar-refractivity contribution in [1.29, 1.82) is 0 Å². The third kappa shape index (κ3) is 3.81. The summed E-state index contributed by atoms with van der Waals surface area (Å²) in [6.45, 7) is 15.2. The second kappa shape index (κ2) is 6.96. The zero-order chi connectivity index (χ0) is 20.9. The maximum Gasteiger partial charge on any atom is 0.158 e. The lowest BCUT2D eigenvalue weighted by Crippen LogP contribution is -2.17. The van der Waals surface area contributed by atoms with Gasteiger partial charge in [-0.3, -0.25) is 0 Å². The van der Waals surface area contributed by atoms with Crippen LogP contribution in [-0.4, -0.2) is 24.7 Å². The lowest BCUT2D eigenvalue weighted by molar-refractivity contribution is 0.423. The Hall–Kier alpha value is -2.27. The molecule has 0 aliphatic rings. The number of aromatic nitrogens is 3. The molecule has 0 amide bonds. The molecule has 28 heavy (non-hydrogen) atoms. The molecule has 0 fully saturated rings. The van der Waals surface area contributed by atoms with Crippen LogP contribution in [0.1, 0.15) is 59.6 Å². The van der Waals surface area contributed by atoms with Crippen molar-refractivity contribution < 1.29 is 5.11 Å². The number of phenols is 1. The minimum atomic E-state index is -0.193. The van der Waals surface area contributed by atoms with Gasteiger partial charge in [-0.05, 0) is 42.0 Å². The van der Waals surface area contributed by atoms with Crippen LogP contribution >= 0.6 is 12.2 Å². The van der Waals surface area contributed by atoms with Crippen LogP contribution in [0.15, 0.2) is 30.5 Å². The summed E-state index contributed by atoms with van der Waals surface area (Å²) in [5.74, 6) is 0.375. The van der Waals surface area contributed by atoms with E-state index < -0.39 is 0 Å². The molecule has 3 aromatic rings. The second-order valence-corrected chi connectivity index (χ2v) is 10.2. The van der Waals surface area contributed by atoms with Crippen molar-refractivity contribution in [3.8, 4) is 17.0 Å². The number of thiocarbonyl (C=S) groups is 1. The first-order chi connectivity index (χ1) is 12.9. The monoisotopic (exact) mass is 395 g/mol. The van der Waals surface area contributed by atoms with Crippen molar-refractivity contribution in [2.24, 2.45) is 0 Å². The van der Waals surface area contributed by atoms with Crippen molar-refractivity contribution in [2.45, 2.75) is 65.8 Å². The van der Waals surface area contributed by atoms with Gasteiger partial charge in [-0.2, -0.15) is 5.10 Å². The molecule has 0 saturated heterocycles. The van der Waals surface area contributed by atoms with E-state index in [4.69, 9.17) is 17.3 Å². The van der Waals surface area contributed by atoms with Crippen LogP contribution in [0.4, 0.5) is 0 Å². The summed E-state index contributed by atoms with van der Waals surface area (Å²) in [5, 5.41) is 16.9. The molecule has 0 bridgehead atoms. The van der Waals surface area contributed by atoms with Crippen LogP contribution < -0.4 is 0 Å². The normalized spacial score (nSPS) is 12.5. The maximum atomic E-state index is 11.0.